The van der Waals surface area contributed by atoms with Gasteiger partial charge in [-0.2, -0.15) is 0 Å². The summed E-state index contributed by atoms with van der Waals surface area (Å²) in [6, 6.07) is 2.98. The Hall–Kier alpha value is -1.13. The van der Waals surface area contributed by atoms with Crippen LogP contribution >= 0.6 is 0 Å². The van der Waals surface area contributed by atoms with Gasteiger partial charge in [-0.25, -0.2) is 4.39 Å². The van der Waals surface area contributed by atoms with Crippen LogP contribution < -0.4 is 4.74 Å². The molecule has 0 aliphatic rings. The molecule has 0 aromatic heterocycles. The average Bonchev–Trinajstić information content (AvgIpc) is 2.23. The predicted octanol–water partition coefficient (Wildman–Crippen LogP) is 1.52. The van der Waals surface area contributed by atoms with Crippen molar-refractivity contribution in [2.75, 3.05) is 20.8 Å². The Morgan fingerprint density at radius 2 is 2.00 bits per heavy atom. The van der Waals surface area contributed by atoms with Gasteiger partial charge in [-0.05, 0) is 18.1 Å². The van der Waals surface area contributed by atoms with Gasteiger partial charge < -0.3 is 14.6 Å². The third kappa shape index (κ3) is 2.91. The standard InChI is InChI=1S/C11H15FO3/c1-14-7-9-5-8(3-4-13)10(12)6-11(9)15-2/h5-6,13H,3-4,7H2,1-2H3. The summed E-state index contributed by atoms with van der Waals surface area (Å²) in [6.45, 7) is 0.289. The maximum Gasteiger partial charge on any atom is 0.130 e. The number of halogens is 1. The quantitative estimate of drug-likeness (QED) is 0.807. The number of ether oxygens (including phenoxy) is 2. The van der Waals surface area contributed by atoms with E-state index < -0.39 is 0 Å². The maximum atomic E-state index is 13.4. The topological polar surface area (TPSA) is 38.7 Å². The Morgan fingerprint density at radius 1 is 1.27 bits per heavy atom. The summed E-state index contributed by atoms with van der Waals surface area (Å²) in [6.07, 6.45) is 0.298. The molecule has 0 spiro atoms. The van der Waals surface area contributed by atoms with Crippen LogP contribution in [0.5, 0.6) is 5.75 Å². The van der Waals surface area contributed by atoms with Gasteiger partial charge in [0.25, 0.3) is 0 Å². The van der Waals surface area contributed by atoms with Crippen LogP contribution in [0.1, 0.15) is 11.1 Å². The molecule has 0 aliphatic heterocycles. The highest BCUT2D eigenvalue weighted by atomic mass is 19.1. The highest BCUT2D eigenvalue weighted by molar-refractivity contribution is 5.38. The van der Waals surface area contributed by atoms with Crippen LogP contribution in [-0.2, 0) is 17.8 Å². The first-order chi connectivity index (χ1) is 7.22. The number of rotatable bonds is 5. The van der Waals surface area contributed by atoms with Crippen LogP contribution in [0, 0.1) is 5.82 Å². The molecule has 0 saturated heterocycles. The fourth-order valence-electron chi connectivity index (χ4n) is 1.42. The zero-order chi connectivity index (χ0) is 11.3. The third-order valence-electron chi connectivity index (χ3n) is 2.13. The van der Waals surface area contributed by atoms with Gasteiger partial charge in [0.05, 0.1) is 13.7 Å². The van der Waals surface area contributed by atoms with E-state index in [0.29, 0.717) is 24.3 Å². The summed E-state index contributed by atoms with van der Waals surface area (Å²) in [5.41, 5.74) is 1.26. The van der Waals surface area contributed by atoms with Crippen LogP contribution in [0.3, 0.4) is 0 Å². The Morgan fingerprint density at radius 3 is 2.53 bits per heavy atom. The molecule has 1 aromatic rings. The van der Waals surface area contributed by atoms with Gasteiger partial charge in [-0.3, -0.25) is 0 Å². The van der Waals surface area contributed by atoms with E-state index in [1.165, 1.54) is 13.2 Å². The summed E-state index contributed by atoms with van der Waals surface area (Å²) >= 11 is 0. The number of benzene rings is 1. The average molecular weight is 214 g/mol. The highest BCUT2D eigenvalue weighted by Gasteiger charge is 2.09. The van der Waals surface area contributed by atoms with E-state index in [9.17, 15) is 4.39 Å². The molecule has 3 nitrogen and oxygen atoms in total. The highest BCUT2D eigenvalue weighted by Crippen LogP contribution is 2.23. The van der Waals surface area contributed by atoms with Crippen LogP contribution in [0.15, 0.2) is 12.1 Å². The van der Waals surface area contributed by atoms with E-state index in [-0.39, 0.29) is 12.4 Å². The molecule has 0 fully saturated rings. The largest absolute Gasteiger partial charge is 0.496 e. The van der Waals surface area contributed by atoms with Crippen LogP contribution in [0.2, 0.25) is 0 Å². The molecule has 0 bridgehead atoms. The van der Waals surface area contributed by atoms with Crippen molar-refractivity contribution in [1.82, 2.24) is 0 Å². The first kappa shape index (κ1) is 11.9. The molecule has 0 unspecified atom stereocenters. The molecule has 0 radical (unpaired) electrons. The van der Waals surface area contributed by atoms with E-state index in [2.05, 4.69) is 0 Å². The molecular weight excluding hydrogens is 199 g/mol. The minimum atomic E-state index is -0.360. The Balaban J connectivity index is 3.05. The van der Waals surface area contributed by atoms with Gasteiger partial charge in [0.1, 0.15) is 11.6 Å². The Labute approximate surface area is 88.4 Å². The van der Waals surface area contributed by atoms with Gasteiger partial charge in [0, 0.05) is 25.3 Å². The van der Waals surface area contributed by atoms with Crippen molar-refractivity contribution < 1.29 is 19.0 Å². The maximum absolute atomic E-state index is 13.4. The monoisotopic (exact) mass is 214 g/mol. The Bertz CT molecular complexity index is 326. The van der Waals surface area contributed by atoms with E-state index in [1.807, 2.05) is 0 Å². The van der Waals surface area contributed by atoms with Crippen molar-refractivity contribution >= 4 is 0 Å². The number of hydrogen-bond donors (Lipinski definition) is 1. The normalized spacial score (nSPS) is 10.4. The van der Waals surface area contributed by atoms with Crippen LogP contribution in [0.4, 0.5) is 4.39 Å². The van der Waals surface area contributed by atoms with Gasteiger partial charge in [-0.15, -0.1) is 0 Å². The van der Waals surface area contributed by atoms with Gasteiger partial charge in [0.15, 0.2) is 0 Å². The molecule has 4 heteroatoms. The second kappa shape index (κ2) is 5.68. The van der Waals surface area contributed by atoms with E-state index >= 15 is 0 Å². The summed E-state index contributed by atoms with van der Waals surface area (Å²) in [5, 5.41) is 8.76. The first-order valence-electron chi connectivity index (χ1n) is 4.68. The minimum Gasteiger partial charge on any atom is -0.496 e. The van der Waals surface area contributed by atoms with Gasteiger partial charge >= 0.3 is 0 Å². The Kier molecular flexibility index (Phi) is 4.52. The lowest BCUT2D eigenvalue weighted by Crippen LogP contribution is -2.01. The van der Waals surface area contributed by atoms with Crippen molar-refractivity contribution in [3.8, 4) is 5.75 Å². The third-order valence-corrected chi connectivity index (χ3v) is 2.13. The zero-order valence-corrected chi connectivity index (χ0v) is 8.92. The lowest BCUT2D eigenvalue weighted by molar-refractivity contribution is 0.181. The molecule has 0 aliphatic carbocycles. The van der Waals surface area contributed by atoms with Gasteiger partial charge in [-0.1, -0.05) is 0 Å². The number of aliphatic hydroxyl groups excluding tert-OH is 1. The lowest BCUT2D eigenvalue weighted by atomic mass is 10.1. The molecule has 0 amide bonds. The van der Waals surface area contributed by atoms with Crippen LogP contribution in [-0.4, -0.2) is 25.9 Å². The second-order valence-corrected chi connectivity index (χ2v) is 3.16. The van der Waals surface area contributed by atoms with Crippen molar-refractivity contribution in [2.24, 2.45) is 0 Å². The molecule has 84 valence electrons. The summed E-state index contributed by atoms with van der Waals surface area (Å²) in [5.74, 6) is 0.108. The number of aliphatic hydroxyl groups is 1. The molecule has 1 rings (SSSR count). The molecule has 1 aromatic carbocycles. The molecule has 0 atom stereocenters. The summed E-state index contributed by atoms with van der Waals surface area (Å²) in [7, 11) is 3.05. The molecule has 15 heavy (non-hydrogen) atoms. The van der Waals surface area contributed by atoms with E-state index in [0.717, 1.165) is 5.56 Å². The second-order valence-electron chi connectivity index (χ2n) is 3.16. The number of methoxy groups -OCH3 is 2. The van der Waals surface area contributed by atoms with Crippen molar-refractivity contribution in [1.29, 1.82) is 0 Å². The van der Waals surface area contributed by atoms with E-state index in [1.54, 1.807) is 13.2 Å². The van der Waals surface area contributed by atoms with Crippen molar-refractivity contribution in [3.63, 3.8) is 0 Å². The van der Waals surface area contributed by atoms with Crippen molar-refractivity contribution in [2.45, 2.75) is 13.0 Å². The molecule has 1 N–H and O–H groups in total. The fourth-order valence-corrected chi connectivity index (χ4v) is 1.42. The lowest BCUT2D eigenvalue weighted by Gasteiger charge is -2.10. The van der Waals surface area contributed by atoms with Gasteiger partial charge in [0.2, 0.25) is 0 Å². The molecular formula is C11H15FO3. The summed E-state index contributed by atoms with van der Waals surface area (Å²) < 4.78 is 23.4. The van der Waals surface area contributed by atoms with E-state index in [4.69, 9.17) is 14.6 Å². The SMILES string of the molecule is COCc1cc(CCO)c(F)cc1OC. The zero-order valence-electron chi connectivity index (χ0n) is 8.92. The molecule has 0 heterocycles. The fraction of sp³-hybridized carbons (Fsp3) is 0.455. The predicted molar refractivity (Wildman–Crippen MR) is 54.5 cm³/mol. The summed E-state index contributed by atoms with van der Waals surface area (Å²) in [4.78, 5) is 0. The van der Waals surface area contributed by atoms with Crippen LogP contribution in [0.25, 0.3) is 0 Å². The number of hydrogen-bond acceptors (Lipinski definition) is 3. The minimum absolute atomic E-state index is 0.0737. The molecule has 0 saturated carbocycles. The van der Waals surface area contributed by atoms with Crippen molar-refractivity contribution in [3.05, 3.63) is 29.1 Å². The first-order valence-corrected chi connectivity index (χ1v) is 4.68. The smallest absolute Gasteiger partial charge is 0.130 e.